The van der Waals surface area contributed by atoms with Gasteiger partial charge in [-0.15, -0.1) is 0 Å². The molecule has 3 N–H and O–H groups in total. The first-order chi connectivity index (χ1) is 4.68. The molecule has 0 amide bonds. The van der Waals surface area contributed by atoms with Crippen molar-refractivity contribution in [1.29, 1.82) is 0 Å². The predicted molar refractivity (Wildman–Crippen MR) is 36.7 cm³/mol. The summed E-state index contributed by atoms with van der Waals surface area (Å²) < 4.78 is 4.43. The molecule has 56 valence electrons. The van der Waals surface area contributed by atoms with E-state index in [4.69, 9.17) is 5.73 Å². The molecule has 1 rings (SSSR count). The summed E-state index contributed by atoms with van der Waals surface area (Å²) in [6.07, 6.45) is 0.645. The minimum Gasteiger partial charge on any atom is -0.339 e. The van der Waals surface area contributed by atoms with E-state index in [1.807, 2.05) is 6.92 Å². The molecule has 0 spiro atoms. The molecule has 0 bridgehead atoms. The van der Waals surface area contributed by atoms with Crippen LogP contribution in [0.15, 0.2) is 15.4 Å². The van der Waals surface area contributed by atoms with Crippen molar-refractivity contribution < 1.29 is 4.52 Å². The van der Waals surface area contributed by atoms with Crippen molar-refractivity contribution in [2.24, 2.45) is 5.73 Å². The van der Waals surface area contributed by atoms with Crippen molar-refractivity contribution >= 4 is 0 Å². The number of hydrogen-bond donors (Lipinski definition) is 2. The average molecular weight is 142 g/mol. The Morgan fingerprint density at radius 2 is 2.60 bits per heavy atom. The maximum absolute atomic E-state index is 10.4. The van der Waals surface area contributed by atoms with Gasteiger partial charge < -0.3 is 10.3 Å². The largest absolute Gasteiger partial charge is 0.357 e. The van der Waals surface area contributed by atoms with Crippen molar-refractivity contribution in [3.8, 4) is 0 Å². The number of nitrogens with one attached hydrogen (secondary N) is 1. The zero-order valence-corrected chi connectivity index (χ0v) is 5.76. The van der Waals surface area contributed by atoms with Crippen LogP contribution in [0, 0.1) is 0 Å². The van der Waals surface area contributed by atoms with Crippen LogP contribution >= 0.6 is 0 Å². The molecule has 0 aromatic carbocycles. The van der Waals surface area contributed by atoms with E-state index < -0.39 is 0 Å². The molecule has 0 saturated carbocycles. The Labute approximate surface area is 58.0 Å². The third-order valence-corrected chi connectivity index (χ3v) is 1.12. The van der Waals surface area contributed by atoms with E-state index in [1.54, 1.807) is 0 Å². The molecule has 0 saturated heterocycles. The van der Waals surface area contributed by atoms with E-state index in [1.165, 1.54) is 6.07 Å². The van der Waals surface area contributed by atoms with E-state index >= 15 is 0 Å². The van der Waals surface area contributed by atoms with Crippen LogP contribution in [0.1, 0.15) is 12.6 Å². The Morgan fingerprint density at radius 3 is 3.00 bits per heavy atom. The lowest BCUT2D eigenvalue weighted by molar-refractivity contribution is 0.383. The Bertz CT molecular complexity index is 248. The van der Waals surface area contributed by atoms with Crippen molar-refractivity contribution in [3.05, 3.63) is 22.2 Å². The number of nitrogens with two attached hydrogens (primary N) is 1. The molecular weight excluding hydrogens is 132 g/mol. The highest BCUT2D eigenvalue weighted by Crippen LogP contribution is 1.93. The summed E-state index contributed by atoms with van der Waals surface area (Å²) >= 11 is 0. The minimum atomic E-state index is -0.351. The molecule has 0 aliphatic rings. The van der Waals surface area contributed by atoms with Crippen LogP contribution < -0.4 is 11.4 Å². The highest BCUT2D eigenvalue weighted by molar-refractivity contribution is 4.97. The fourth-order valence-corrected chi connectivity index (χ4v) is 0.765. The van der Waals surface area contributed by atoms with Gasteiger partial charge in [0.25, 0.3) is 0 Å². The maximum atomic E-state index is 10.4. The summed E-state index contributed by atoms with van der Waals surface area (Å²) in [6.45, 7) is 1.87. The summed E-state index contributed by atoms with van der Waals surface area (Å²) in [7, 11) is 0. The first-order valence-corrected chi connectivity index (χ1v) is 3.11. The standard InChI is InChI=1S/C6H10N2O2/c1-4(7)2-5-3-6(9)10-8-5/h3-4,8H,2,7H2,1H3. The second-order valence-corrected chi connectivity index (χ2v) is 2.37. The van der Waals surface area contributed by atoms with Gasteiger partial charge in [0.15, 0.2) is 0 Å². The van der Waals surface area contributed by atoms with Crippen molar-refractivity contribution in [2.75, 3.05) is 0 Å². The zero-order valence-electron chi connectivity index (χ0n) is 5.76. The Morgan fingerprint density at radius 1 is 1.90 bits per heavy atom. The molecule has 1 aromatic heterocycles. The lowest BCUT2D eigenvalue weighted by Gasteiger charge is -1.98. The van der Waals surface area contributed by atoms with Crippen LogP contribution in [-0.4, -0.2) is 11.2 Å². The Hall–Kier alpha value is -1.03. The molecule has 0 fully saturated rings. The van der Waals surface area contributed by atoms with Crippen LogP contribution in [0.4, 0.5) is 0 Å². The smallest absolute Gasteiger partial charge is 0.339 e. The molecule has 1 aromatic rings. The van der Waals surface area contributed by atoms with Gasteiger partial charge in [0.05, 0.1) is 5.69 Å². The van der Waals surface area contributed by atoms with Gasteiger partial charge in [0.2, 0.25) is 0 Å². The van der Waals surface area contributed by atoms with Crippen molar-refractivity contribution in [1.82, 2.24) is 5.16 Å². The third-order valence-electron chi connectivity index (χ3n) is 1.12. The van der Waals surface area contributed by atoms with Gasteiger partial charge in [-0.2, -0.15) is 0 Å². The third kappa shape index (κ3) is 1.73. The molecule has 4 heteroatoms. The molecule has 1 atom stereocenters. The van der Waals surface area contributed by atoms with Crippen LogP contribution in [-0.2, 0) is 6.42 Å². The van der Waals surface area contributed by atoms with Crippen LogP contribution in [0.3, 0.4) is 0 Å². The number of rotatable bonds is 2. The SMILES string of the molecule is CC(N)Cc1cc(=O)o[nH]1. The summed E-state index contributed by atoms with van der Waals surface area (Å²) in [5.74, 6) is 0. The Balaban J connectivity index is 2.67. The average Bonchev–Trinajstić information content (AvgIpc) is 2.13. The van der Waals surface area contributed by atoms with E-state index in [0.29, 0.717) is 6.42 Å². The van der Waals surface area contributed by atoms with Crippen LogP contribution in [0.5, 0.6) is 0 Å². The Kier molecular flexibility index (Phi) is 1.91. The first-order valence-electron chi connectivity index (χ1n) is 3.11. The molecule has 10 heavy (non-hydrogen) atoms. The van der Waals surface area contributed by atoms with E-state index in [2.05, 4.69) is 9.68 Å². The second kappa shape index (κ2) is 2.70. The van der Waals surface area contributed by atoms with Gasteiger partial charge in [-0.1, -0.05) is 0 Å². The van der Waals surface area contributed by atoms with E-state index in [-0.39, 0.29) is 11.7 Å². The fourth-order valence-electron chi connectivity index (χ4n) is 0.765. The number of H-pyrrole nitrogens is 1. The quantitative estimate of drug-likeness (QED) is 0.603. The number of hydrogen-bond acceptors (Lipinski definition) is 3. The summed E-state index contributed by atoms with van der Waals surface area (Å²) in [6, 6.07) is 1.46. The first kappa shape index (κ1) is 7.08. The molecular formula is C6H10N2O2. The summed E-state index contributed by atoms with van der Waals surface area (Å²) in [4.78, 5) is 10.4. The van der Waals surface area contributed by atoms with E-state index in [9.17, 15) is 4.79 Å². The van der Waals surface area contributed by atoms with Crippen molar-refractivity contribution in [3.63, 3.8) is 0 Å². The summed E-state index contributed by atoms with van der Waals surface area (Å²) in [5, 5.41) is 2.47. The number of aromatic amines is 1. The predicted octanol–water partition coefficient (Wildman–Crippen LogP) is -0.142. The van der Waals surface area contributed by atoms with Gasteiger partial charge in [-0.25, -0.2) is 9.95 Å². The molecule has 1 heterocycles. The maximum Gasteiger partial charge on any atom is 0.357 e. The van der Waals surface area contributed by atoms with Gasteiger partial charge in [-0.3, -0.25) is 0 Å². The molecule has 0 radical (unpaired) electrons. The molecule has 1 unspecified atom stereocenters. The van der Waals surface area contributed by atoms with Crippen molar-refractivity contribution in [2.45, 2.75) is 19.4 Å². The van der Waals surface area contributed by atoms with Crippen LogP contribution in [0.2, 0.25) is 0 Å². The van der Waals surface area contributed by atoms with Gasteiger partial charge in [0.1, 0.15) is 0 Å². The highest BCUT2D eigenvalue weighted by atomic mass is 16.5. The lowest BCUT2D eigenvalue weighted by Crippen LogP contribution is -2.17. The second-order valence-electron chi connectivity index (χ2n) is 2.37. The zero-order chi connectivity index (χ0) is 7.56. The number of aromatic nitrogens is 1. The highest BCUT2D eigenvalue weighted by Gasteiger charge is 2.00. The van der Waals surface area contributed by atoms with E-state index in [0.717, 1.165) is 5.69 Å². The monoisotopic (exact) mass is 142 g/mol. The normalized spacial score (nSPS) is 13.4. The van der Waals surface area contributed by atoms with Gasteiger partial charge in [0, 0.05) is 18.5 Å². The van der Waals surface area contributed by atoms with Gasteiger partial charge >= 0.3 is 5.63 Å². The molecule has 0 aliphatic heterocycles. The fraction of sp³-hybridized carbons (Fsp3) is 0.500. The topological polar surface area (TPSA) is 72.0 Å². The lowest BCUT2D eigenvalue weighted by atomic mass is 10.2. The molecule has 0 aliphatic carbocycles. The van der Waals surface area contributed by atoms with Crippen LogP contribution in [0.25, 0.3) is 0 Å². The minimum absolute atomic E-state index is 0.0493. The molecule has 4 nitrogen and oxygen atoms in total. The van der Waals surface area contributed by atoms with Gasteiger partial charge in [-0.05, 0) is 6.92 Å². The summed E-state index contributed by atoms with van der Waals surface area (Å²) in [5.41, 5.74) is 5.87.